The number of hydrogen-bond donors (Lipinski definition) is 2. The average molecular weight is 198 g/mol. The maximum Gasteiger partial charge on any atom is 0.129 e. The second-order valence-corrected chi connectivity index (χ2v) is 3.34. The van der Waals surface area contributed by atoms with Crippen molar-refractivity contribution < 1.29 is 0 Å². The molecule has 1 aromatic rings. The zero-order valence-electron chi connectivity index (χ0n) is 7.47. The highest BCUT2D eigenvalue weighted by molar-refractivity contribution is 6.29. The third-order valence-corrected chi connectivity index (χ3v) is 1.68. The topological polar surface area (TPSA) is 50.9 Å². The summed E-state index contributed by atoms with van der Waals surface area (Å²) in [7, 11) is 0. The minimum atomic E-state index is 0.513. The van der Waals surface area contributed by atoms with E-state index in [0.29, 0.717) is 17.3 Å². The third kappa shape index (κ3) is 2.95. The van der Waals surface area contributed by atoms with Gasteiger partial charge in [0.15, 0.2) is 0 Å². The molecule has 3 nitrogen and oxygen atoms in total. The summed E-state index contributed by atoms with van der Waals surface area (Å²) in [6.45, 7) is 6.01. The monoisotopic (exact) mass is 197 g/mol. The van der Waals surface area contributed by atoms with Gasteiger partial charge in [-0.2, -0.15) is 0 Å². The summed E-state index contributed by atoms with van der Waals surface area (Å²) < 4.78 is 0. The molecule has 3 N–H and O–H groups in total. The molecule has 0 atom stereocenters. The fourth-order valence-corrected chi connectivity index (χ4v) is 1.03. The number of nitrogen functional groups attached to an aromatic ring is 1. The molecule has 1 rings (SSSR count). The van der Waals surface area contributed by atoms with Gasteiger partial charge in [-0.25, -0.2) is 4.98 Å². The summed E-state index contributed by atoms with van der Waals surface area (Å²) in [4.78, 5) is 4.11. The summed E-state index contributed by atoms with van der Waals surface area (Å²) >= 11 is 5.60. The number of aromatic nitrogens is 1. The molecule has 70 valence electrons. The Hall–Kier alpha value is -1.22. The van der Waals surface area contributed by atoms with Crippen LogP contribution in [-0.4, -0.2) is 11.5 Å². The van der Waals surface area contributed by atoms with Crippen LogP contribution in [0.15, 0.2) is 23.9 Å². The zero-order valence-corrected chi connectivity index (χ0v) is 8.23. The van der Waals surface area contributed by atoms with Crippen LogP contribution in [0, 0.1) is 6.92 Å². The smallest absolute Gasteiger partial charge is 0.129 e. The highest BCUT2D eigenvalue weighted by Crippen LogP contribution is 2.14. The highest BCUT2D eigenvalue weighted by atomic mass is 35.5. The van der Waals surface area contributed by atoms with Crippen molar-refractivity contribution in [2.45, 2.75) is 6.92 Å². The van der Waals surface area contributed by atoms with Crippen LogP contribution in [-0.2, 0) is 0 Å². The first-order chi connectivity index (χ1) is 6.09. The number of nitrogens with one attached hydrogen (secondary N) is 1. The molecular formula is C9H12ClN3. The molecule has 1 aromatic heterocycles. The Morgan fingerprint density at radius 1 is 1.77 bits per heavy atom. The van der Waals surface area contributed by atoms with Crippen molar-refractivity contribution in [3.8, 4) is 0 Å². The highest BCUT2D eigenvalue weighted by Gasteiger charge is 1.99. The molecule has 1 heterocycles. The van der Waals surface area contributed by atoms with E-state index in [1.54, 1.807) is 6.20 Å². The number of anilines is 2. The van der Waals surface area contributed by atoms with Crippen molar-refractivity contribution in [1.82, 2.24) is 4.98 Å². The quantitative estimate of drug-likeness (QED) is 0.781. The van der Waals surface area contributed by atoms with E-state index in [0.717, 1.165) is 11.4 Å². The van der Waals surface area contributed by atoms with Gasteiger partial charge in [-0.1, -0.05) is 18.2 Å². The number of nitrogens with zero attached hydrogens (tertiary/aromatic N) is 1. The van der Waals surface area contributed by atoms with Gasteiger partial charge in [0.1, 0.15) is 5.82 Å². The molecule has 0 amide bonds. The predicted octanol–water partition coefficient (Wildman–Crippen LogP) is 2.14. The molecule has 0 fully saturated rings. The Balaban J connectivity index is 2.72. The molecular weight excluding hydrogens is 186 g/mol. The lowest BCUT2D eigenvalue weighted by molar-refractivity contribution is 1.19. The van der Waals surface area contributed by atoms with Crippen LogP contribution in [0.2, 0.25) is 0 Å². The molecule has 13 heavy (non-hydrogen) atoms. The summed E-state index contributed by atoms with van der Waals surface area (Å²) in [6.07, 6.45) is 1.60. The second kappa shape index (κ2) is 4.14. The van der Waals surface area contributed by atoms with Crippen molar-refractivity contribution in [2.75, 3.05) is 17.6 Å². The van der Waals surface area contributed by atoms with Crippen LogP contribution in [0.1, 0.15) is 5.56 Å². The number of halogens is 1. The summed E-state index contributed by atoms with van der Waals surface area (Å²) in [5.74, 6) is 0.788. The van der Waals surface area contributed by atoms with Crippen molar-refractivity contribution in [3.63, 3.8) is 0 Å². The Labute approximate surface area is 82.6 Å². The number of rotatable bonds is 3. The molecule has 0 aliphatic rings. The van der Waals surface area contributed by atoms with Gasteiger partial charge >= 0.3 is 0 Å². The van der Waals surface area contributed by atoms with E-state index >= 15 is 0 Å². The van der Waals surface area contributed by atoms with Gasteiger partial charge in [0.05, 0.1) is 18.4 Å². The molecule has 0 unspecified atom stereocenters. The fourth-order valence-electron chi connectivity index (χ4n) is 0.961. The van der Waals surface area contributed by atoms with E-state index in [-0.39, 0.29) is 0 Å². The summed E-state index contributed by atoms with van der Waals surface area (Å²) in [6, 6.07) is 1.85. The van der Waals surface area contributed by atoms with Crippen LogP contribution in [0.25, 0.3) is 0 Å². The minimum Gasteiger partial charge on any atom is -0.397 e. The van der Waals surface area contributed by atoms with Crippen LogP contribution in [0.4, 0.5) is 11.5 Å². The SMILES string of the molecule is C=C(Cl)CNc1ncc(N)cc1C. The van der Waals surface area contributed by atoms with Crippen LogP contribution < -0.4 is 11.1 Å². The Morgan fingerprint density at radius 2 is 2.46 bits per heavy atom. The normalized spacial score (nSPS) is 9.69. The van der Waals surface area contributed by atoms with E-state index in [1.807, 2.05) is 13.0 Å². The second-order valence-electron chi connectivity index (χ2n) is 2.80. The lowest BCUT2D eigenvalue weighted by atomic mass is 10.2. The lowest BCUT2D eigenvalue weighted by Gasteiger charge is -2.07. The molecule has 0 spiro atoms. The van der Waals surface area contributed by atoms with Crippen LogP contribution >= 0.6 is 11.6 Å². The Bertz CT molecular complexity index is 323. The van der Waals surface area contributed by atoms with Gasteiger partial charge in [-0.05, 0) is 18.6 Å². The third-order valence-electron chi connectivity index (χ3n) is 1.55. The minimum absolute atomic E-state index is 0.513. The molecule has 0 saturated carbocycles. The van der Waals surface area contributed by atoms with Gasteiger partial charge in [-0.15, -0.1) is 0 Å². The molecule has 0 aliphatic heterocycles. The van der Waals surface area contributed by atoms with E-state index < -0.39 is 0 Å². The maximum absolute atomic E-state index is 5.60. The van der Waals surface area contributed by atoms with Crippen LogP contribution in [0.3, 0.4) is 0 Å². The summed E-state index contributed by atoms with van der Waals surface area (Å²) in [5.41, 5.74) is 7.21. The Morgan fingerprint density at radius 3 is 3.00 bits per heavy atom. The molecule has 4 heteroatoms. The summed E-state index contributed by atoms with van der Waals surface area (Å²) in [5, 5.41) is 3.60. The Kier molecular flexibility index (Phi) is 3.14. The lowest BCUT2D eigenvalue weighted by Crippen LogP contribution is -2.05. The molecule has 0 aromatic carbocycles. The zero-order chi connectivity index (χ0) is 9.84. The van der Waals surface area contributed by atoms with Gasteiger partial charge < -0.3 is 11.1 Å². The van der Waals surface area contributed by atoms with Crippen LogP contribution in [0.5, 0.6) is 0 Å². The van der Waals surface area contributed by atoms with Crippen molar-refractivity contribution in [2.24, 2.45) is 0 Å². The first-order valence-corrected chi connectivity index (χ1v) is 4.26. The van der Waals surface area contributed by atoms with Gasteiger partial charge in [-0.3, -0.25) is 0 Å². The molecule has 0 saturated heterocycles. The number of nitrogens with two attached hydrogens (primary N) is 1. The standard InChI is InChI=1S/C9H12ClN3/c1-6-3-8(11)5-13-9(6)12-4-7(2)10/h3,5H,2,4,11H2,1H3,(H,12,13). The average Bonchev–Trinajstić information content (AvgIpc) is 2.02. The van der Waals surface area contributed by atoms with Crippen molar-refractivity contribution >= 4 is 23.1 Å². The number of pyridine rings is 1. The van der Waals surface area contributed by atoms with E-state index in [1.165, 1.54) is 0 Å². The van der Waals surface area contributed by atoms with Gasteiger partial charge in [0.2, 0.25) is 0 Å². The first kappa shape index (κ1) is 9.86. The largest absolute Gasteiger partial charge is 0.397 e. The predicted molar refractivity (Wildman–Crippen MR) is 56.9 cm³/mol. The fraction of sp³-hybridized carbons (Fsp3) is 0.222. The molecule has 0 aliphatic carbocycles. The van der Waals surface area contributed by atoms with Gasteiger partial charge in [0, 0.05) is 5.03 Å². The van der Waals surface area contributed by atoms with Gasteiger partial charge in [0.25, 0.3) is 0 Å². The first-order valence-electron chi connectivity index (χ1n) is 3.89. The van der Waals surface area contributed by atoms with Crippen molar-refractivity contribution in [1.29, 1.82) is 0 Å². The van der Waals surface area contributed by atoms with E-state index in [2.05, 4.69) is 16.9 Å². The molecule has 0 radical (unpaired) electrons. The van der Waals surface area contributed by atoms with E-state index in [9.17, 15) is 0 Å². The number of hydrogen-bond acceptors (Lipinski definition) is 3. The number of aryl methyl sites for hydroxylation is 1. The molecule has 0 bridgehead atoms. The maximum atomic E-state index is 5.60. The van der Waals surface area contributed by atoms with Crippen molar-refractivity contribution in [3.05, 3.63) is 29.4 Å². The van der Waals surface area contributed by atoms with E-state index in [4.69, 9.17) is 17.3 Å².